The number of benzene rings is 3. The molecule has 3 aromatic rings. The van der Waals surface area contributed by atoms with Gasteiger partial charge in [0.1, 0.15) is 6.04 Å². The molecule has 0 aliphatic carbocycles. The monoisotopic (exact) mass is 488 g/mol. The summed E-state index contributed by atoms with van der Waals surface area (Å²) in [5.74, 6) is 0.986. The minimum absolute atomic E-state index is 0.0157. The molecule has 3 rings (SSSR count). The fourth-order valence-electron chi connectivity index (χ4n) is 3.86. The molecule has 0 aliphatic heterocycles. The minimum atomic E-state index is -0.569. The van der Waals surface area contributed by atoms with Crippen LogP contribution in [0.2, 0.25) is 0 Å². The molecule has 0 aliphatic rings. The van der Waals surface area contributed by atoms with E-state index in [1.54, 1.807) is 16.7 Å². The summed E-state index contributed by atoms with van der Waals surface area (Å²) in [5.41, 5.74) is 4.43. The predicted octanol–water partition coefficient (Wildman–Crippen LogP) is 5.78. The van der Waals surface area contributed by atoms with Crippen LogP contribution in [0.3, 0.4) is 0 Å². The highest BCUT2D eigenvalue weighted by atomic mass is 32.2. The topological polar surface area (TPSA) is 49.4 Å². The summed E-state index contributed by atoms with van der Waals surface area (Å²) in [7, 11) is 0. The van der Waals surface area contributed by atoms with E-state index in [-0.39, 0.29) is 11.8 Å². The molecule has 1 N–H and O–H groups in total. The molecule has 0 spiro atoms. The van der Waals surface area contributed by atoms with Gasteiger partial charge in [-0.3, -0.25) is 9.59 Å². The Morgan fingerprint density at radius 1 is 0.857 bits per heavy atom. The van der Waals surface area contributed by atoms with Gasteiger partial charge in [-0.15, -0.1) is 11.8 Å². The van der Waals surface area contributed by atoms with Gasteiger partial charge in [0.15, 0.2) is 0 Å². The third-order valence-electron chi connectivity index (χ3n) is 5.91. The fraction of sp³-hybridized carbons (Fsp3) is 0.333. The Labute approximate surface area is 214 Å². The number of amides is 2. The van der Waals surface area contributed by atoms with E-state index in [1.165, 1.54) is 11.1 Å². The van der Waals surface area contributed by atoms with Crippen molar-refractivity contribution in [1.29, 1.82) is 0 Å². The Kier molecular flexibility index (Phi) is 10.9. The lowest BCUT2D eigenvalue weighted by atomic mass is 10.0. The van der Waals surface area contributed by atoms with Crippen LogP contribution in [0.25, 0.3) is 0 Å². The molecule has 0 heterocycles. The van der Waals surface area contributed by atoms with Gasteiger partial charge in [-0.2, -0.15) is 0 Å². The Morgan fingerprint density at radius 2 is 1.49 bits per heavy atom. The molecule has 0 unspecified atom stereocenters. The van der Waals surface area contributed by atoms with Crippen LogP contribution in [0.4, 0.5) is 0 Å². The second-order valence-electron chi connectivity index (χ2n) is 8.84. The van der Waals surface area contributed by atoms with Crippen LogP contribution in [-0.4, -0.2) is 35.1 Å². The van der Waals surface area contributed by atoms with Gasteiger partial charge in [-0.1, -0.05) is 104 Å². The lowest BCUT2D eigenvalue weighted by Gasteiger charge is -2.31. The quantitative estimate of drug-likeness (QED) is 0.310. The zero-order valence-corrected chi connectivity index (χ0v) is 21.6. The predicted molar refractivity (Wildman–Crippen MR) is 146 cm³/mol. The average molecular weight is 489 g/mol. The Balaban J connectivity index is 1.82. The third kappa shape index (κ3) is 8.91. The number of hydrogen-bond acceptors (Lipinski definition) is 3. The first kappa shape index (κ1) is 26.6. The SMILES string of the molecule is CCCCNC(=O)[C@H](Cc1ccccc1)N(Cc1ccc(C)cc1)C(=O)CSCc1ccccc1. The van der Waals surface area contributed by atoms with E-state index in [0.717, 1.165) is 29.7 Å². The maximum Gasteiger partial charge on any atom is 0.243 e. The van der Waals surface area contributed by atoms with Crippen molar-refractivity contribution in [2.24, 2.45) is 0 Å². The van der Waals surface area contributed by atoms with Crippen molar-refractivity contribution in [3.05, 3.63) is 107 Å². The Morgan fingerprint density at radius 3 is 2.11 bits per heavy atom. The van der Waals surface area contributed by atoms with Crippen molar-refractivity contribution >= 4 is 23.6 Å². The molecule has 1 atom stereocenters. The van der Waals surface area contributed by atoms with E-state index in [1.807, 2.05) is 67.6 Å². The van der Waals surface area contributed by atoms with Gasteiger partial charge in [0.2, 0.25) is 11.8 Å². The van der Waals surface area contributed by atoms with E-state index in [2.05, 4.69) is 36.5 Å². The number of carbonyl (C=O) groups excluding carboxylic acids is 2. The van der Waals surface area contributed by atoms with Gasteiger partial charge in [-0.25, -0.2) is 0 Å². The highest BCUT2D eigenvalue weighted by molar-refractivity contribution is 7.99. The second-order valence-corrected chi connectivity index (χ2v) is 9.82. The smallest absolute Gasteiger partial charge is 0.243 e. The second kappa shape index (κ2) is 14.4. The highest BCUT2D eigenvalue weighted by Gasteiger charge is 2.30. The molecule has 5 heteroatoms. The molecule has 4 nitrogen and oxygen atoms in total. The molecular formula is C30H36N2O2S. The van der Waals surface area contributed by atoms with Crippen molar-refractivity contribution in [1.82, 2.24) is 10.2 Å². The molecular weight excluding hydrogens is 452 g/mol. The summed E-state index contributed by atoms with van der Waals surface area (Å²) in [5, 5.41) is 3.08. The first-order chi connectivity index (χ1) is 17.1. The van der Waals surface area contributed by atoms with Crippen molar-refractivity contribution in [3.8, 4) is 0 Å². The van der Waals surface area contributed by atoms with Crippen LogP contribution in [0.15, 0.2) is 84.9 Å². The van der Waals surface area contributed by atoms with Gasteiger partial charge in [0.05, 0.1) is 5.75 Å². The summed E-state index contributed by atoms with van der Waals surface area (Å²) < 4.78 is 0. The molecule has 2 amide bonds. The van der Waals surface area contributed by atoms with Crippen LogP contribution in [0, 0.1) is 6.92 Å². The number of thioether (sulfide) groups is 1. The van der Waals surface area contributed by atoms with E-state index in [4.69, 9.17) is 0 Å². The molecule has 35 heavy (non-hydrogen) atoms. The first-order valence-corrected chi connectivity index (χ1v) is 13.5. The van der Waals surface area contributed by atoms with E-state index >= 15 is 0 Å². The molecule has 0 saturated carbocycles. The molecule has 0 radical (unpaired) electrons. The lowest BCUT2D eigenvalue weighted by Crippen LogP contribution is -2.51. The molecule has 0 saturated heterocycles. The van der Waals surface area contributed by atoms with Crippen LogP contribution >= 0.6 is 11.8 Å². The van der Waals surface area contributed by atoms with Crippen molar-refractivity contribution in [2.45, 2.75) is 51.4 Å². The van der Waals surface area contributed by atoms with Crippen LogP contribution in [-0.2, 0) is 28.3 Å². The molecule has 0 fully saturated rings. The van der Waals surface area contributed by atoms with Crippen LogP contribution in [0.1, 0.15) is 42.0 Å². The number of nitrogens with zero attached hydrogens (tertiary/aromatic N) is 1. The zero-order chi connectivity index (χ0) is 24.9. The van der Waals surface area contributed by atoms with Crippen LogP contribution in [0.5, 0.6) is 0 Å². The van der Waals surface area contributed by atoms with Gasteiger partial charge in [-0.05, 0) is 30.0 Å². The molecule has 3 aromatic carbocycles. The maximum absolute atomic E-state index is 13.6. The van der Waals surface area contributed by atoms with E-state index in [0.29, 0.717) is 25.3 Å². The fourth-order valence-corrected chi connectivity index (χ4v) is 4.73. The first-order valence-electron chi connectivity index (χ1n) is 12.3. The minimum Gasteiger partial charge on any atom is -0.354 e. The number of rotatable bonds is 13. The van der Waals surface area contributed by atoms with E-state index < -0.39 is 6.04 Å². The maximum atomic E-state index is 13.6. The largest absolute Gasteiger partial charge is 0.354 e. The lowest BCUT2D eigenvalue weighted by molar-refractivity contribution is -0.139. The van der Waals surface area contributed by atoms with E-state index in [9.17, 15) is 9.59 Å². The summed E-state index contributed by atoms with van der Waals surface area (Å²) in [6, 6.07) is 27.7. The molecule has 184 valence electrons. The van der Waals surface area contributed by atoms with Gasteiger partial charge in [0, 0.05) is 25.3 Å². The van der Waals surface area contributed by atoms with Gasteiger partial charge >= 0.3 is 0 Å². The van der Waals surface area contributed by atoms with Crippen LogP contribution < -0.4 is 5.32 Å². The Bertz CT molecular complexity index is 1040. The highest BCUT2D eigenvalue weighted by Crippen LogP contribution is 2.19. The number of aryl methyl sites for hydroxylation is 1. The standard InChI is InChI=1S/C30H36N2O2S/c1-3-4-19-31-30(34)28(20-25-11-7-5-8-12-25)32(21-26-17-15-24(2)16-18-26)29(33)23-35-22-27-13-9-6-10-14-27/h5-18,28H,3-4,19-23H2,1-2H3,(H,31,34)/t28-/m0/s1. The van der Waals surface area contributed by atoms with Gasteiger partial charge < -0.3 is 10.2 Å². The van der Waals surface area contributed by atoms with Crippen molar-refractivity contribution < 1.29 is 9.59 Å². The average Bonchev–Trinajstić information content (AvgIpc) is 2.88. The summed E-state index contributed by atoms with van der Waals surface area (Å²) >= 11 is 1.59. The third-order valence-corrected chi connectivity index (χ3v) is 6.90. The number of carbonyl (C=O) groups is 2. The number of hydrogen-bond donors (Lipinski definition) is 1. The summed E-state index contributed by atoms with van der Waals surface area (Å²) in [4.78, 5) is 28.8. The van der Waals surface area contributed by atoms with Crippen molar-refractivity contribution in [3.63, 3.8) is 0 Å². The number of unbranched alkanes of at least 4 members (excludes halogenated alkanes) is 1. The molecule has 0 bridgehead atoms. The zero-order valence-electron chi connectivity index (χ0n) is 20.8. The molecule has 0 aromatic heterocycles. The van der Waals surface area contributed by atoms with Gasteiger partial charge in [0.25, 0.3) is 0 Å². The summed E-state index contributed by atoms with van der Waals surface area (Å²) in [6.45, 7) is 5.18. The van der Waals surface area contributed by atoms with Crippen molar-refractivity contribution in [2.75, 3.05) is 12.3 Å². The number of nitrogens with one attached hydrogen (secondary N) is 1. The normalized spacial score (nSPS) is 11.6. The Hall–Kier alpha value is -3.05. The summed E-state index contributed by atoms with van der Waals surface area (Å²) in [6.07, 6.45) is 2.41.